The molecule has 3 nitrogen and oxygen atoms in total. The van der Waals surface area contributed by atoms with Crippen LogP contribution in [0.15, 0.2) is 48.5 Å². The van der Waals surface area contributed by atoms with E-state index in [1.807, 2.05) is 55.5 Å². The van der Waals surface area contributed by atoms with E-state index >= 15 is 0 Å². The Labute approximate surface area is 120 Å². The Kier molecular flexibility index (Phi) is 5.02. The summed E-state index contributed by atoms with van der Waals surface area (Å²) in [5.74, 6) is 2.25. The van der Waals surface area contributed by atoms with Crippen molar-refractivity contribution in [3.05, 3.63) is 54.1 Å². The highest BCUT2D eigenvalue weighted by Gasteiger charge is 2.10. The fraction of sp³-hybridized carbons (Fsp3) is 0.294. The van der Waals surface area contributed by atoms with E-state index in [0.717, 1.165) is 23.5 Å². The molecule has 3 heteroatoms. The molecule has 1 unspecified atom stereocenters. The van der Waals surface area contributed by atoms with E-state index in [-0.39, 0.29) is 6.04 Å². The van der Waals surface area contributed by atoms with Crippen molar-refractivity contribution >= 4 is 0 Å². The lowest BCUT2D eigenvalue weighted by Crippen LogP contribution is -2.06. The summed E-state index contributed by atoms with van der Waals surface area (Å²) in [4.78, 5) is 0. The number of benzene rings is 2. The van der Waals surface area contributed by atoms with E-state index in [4.69, 9.17) is 15.2 Å². The summed E-state index contributed by atoms with van der Waals surface area (Å²) in [7, 11) is 0. The lowest BCUT2D eigenvalue weighted by atomic mass is 10.1. The van der Waals surface area contributed by atoms with Gasteiger partial charge in [-0.25, -0.2) is 0 Å². The van der Waals surface area contributed by atoms with Crippen LogP contribution < -0.4 is 15.2 Å². The zero-order valence-electron chi connectivity index (χ0n) is 12.0. The lowest BCUT2D eigenvalue weighted by molar-refractivity contribution is 0.301. The largest absolute Gasteiger partial charge is 0.490 e. The van der Waals surface area contributed by atoms with Gasteiger partial charge in [-0.1, -0.05) is 37.3 Å². The smallest absolute Gasteiger partial charge is 0.169 e. The second kappa shape index (κ2) is 6.96. The summed E-state index contributed by atoms with van der Waals surface area (Å²) in [6.45, 7) is 4.70. The molecule has 2 rings (SSSR count). The van der Waals surface area contributed by atoms with Gasteiger partial charge in [0.2, 0.25) is 0 Å². The van der Waals surface area contributed by atoms with Crippen LogP contribution in [0.25, 0.3) is 0 Å². The van der Waals surface area contributed by atoms with Gasteiger partial charge in [0.1, 0.15) is 5.75 Å². The highest BCUT2D eigenvalue weighted by molar-refractivity contribution is 5.45. The predicted molar refractivity (Wildman–Crippen MR) is 81.3 cm³/mol. The van der Waals surface area contributed by atoms with Crippen molar-refractivity contribution in [3.8, 4) is 17.2 Å². The number of hydrogen-bond donors (Lipinski definition) is 1. The van der Waals surface area contributed by atoms with Gasteiger partial charge in [0.15, 0.2) is 11.5 Å². The summed E-state index contributed by atoms with van der Waals surface area (Å²) in [5.41, 5.74) is 6.96. The van der Waals surface area contributed by atoms with Gasteiger partial charge in [0.05, 0.1) is 6.61 Å². The third kappa shape index (κ3) is 3.52. The van der Waals surface area contributed by atoms with E-state index in [2.05, 4.69) is 6.92 Å². The third-order valence-corrected chi connectivity index (χ3v) is 2.94. The molecule has 1 atom stereocenters. The Morgan fingerprint density at radius 1 is 0.950 bits per heavy atom. The Hall–Kier alpha value is -2.00. The monoisotopic (exact) mass is 271 g/mol. The van der Waals surface area contributed by atoms with Crippen molar-refractivity contribution in [1.82, 2.24) is 0 Å². The van der Waals surface area contributed by atoms with Gasteiger partial charge < -0.3 is 15.2 Å². The average Bonchev–Trinajstić information content (AvgIpc) is 2.47. The summed E-state index contributed by atoms with van der Waals surface area (Å²) in [6, 6.07) is 15.4. The van der Waals surface area contributed by atoms with Crippen LogP contribution in [-0.2, 0) is 0 Å². The Balaban J connectivity index is 2.26. The SMILES string of the molecule is CCCOc1ccccc1Oc1ccccc1C(C)N. The molecule has 0 radical (unpaired) electrons. The first kappa shape index (κ1) is 14.4. The van der Waals surface area contributed by atoms with E-state index in [0.29, 0.717) is 12.4 Å². The molecule has 0 aliphatic rings. The quantitative estimate of drug-likeness (QED) is 0.852. The van der Waals surface area contributed by atoms with Crippen LogP contribution in [0.3, 0.4) is 0 Å². The summed E-state index contributed by atoms with van der Waals surface area (Å²) < 4.78 is 11.7. The molecule has 0 spiro atoms. The van der Waals surface area contributed by atoms with Crippen LogP contribution in [0.1, 0.15) is 31.9 Å². The fourth-order valence-electron chi connectivity index (χ4n) is 1.93. The first-order valence-electron chi connectivity index (χ1n) is 6.96. The Bertz CT molecular complexity index is 552. The fourth-order valence-corrected chi connectivity index (χ4v) is 1.93. The molecule has 0 aliphatic heterocycles. The van der Waals surface area contributed by atoms with Gasteiger partial charge in [0.25, 0.3) is 0 Å². The molecule has 0 fully saturated rings. The Morgan fingerprint density at radius 3 is 2.20 bits per heavy atom. The van der Waals surface area contributed by atoms with Crippen LogP contribution >= 0.6 is 0 Å². The average molecular weight is 271 g/mol. The molecule has 0 saturated carbocycles. The molecule has 0 amide bonds. The number of para-hydroxylation sites is 3. The van der Waals surface area contributed by atoms with E-state index < -0.39 is 0 Å². The highest BCUT2D eigenvalue weighted by atomic mass is 16.5. The second-order valence-corrected chi connectivity index (χ2v) is 4.72. The van der Waals surface area contributed by atoms with Gasteiger partial charge in [-0.3, -0.25) is 0 Å². The van der Waals surface area contributed by atoms with E-state index in [1.54, 1.807) is 0 Å². The summed E-state index contributed by atoms with van der Waals surface area (Å²) >= 11 is 0. The molecular weight excluding hydrogens is 250 g/mol. The van der Waals surface area contributed by atoms with Crippen molar-refractivity contribution in [2.45, 2.75) is 26.3 Å². The first-order chi connectivity index (χ1) is 9.72. The first-order valence-corrected chi connectivity index (χ1v) is 6.96. The normalized spacial score (nSPS) is 11.9. The molecular formula is C17H21NO2. The van der Waals surface area contributed by atoms with Gasteiger partial charge in [-0.15, -0.1) is 0 Å². The molecule has 0 bridgehead atoms. The predicted octanol–water partition coefficient (Wildman–Crippen LogP) is 4.29. The minimum absolute atomic E-state index is 0.0741. The van der Waals surface area contributed by atoms with Crippen LogP contribution in [0, 0.1) is 0 Å². The number of nitrogens with two attached hydrogens (primary N) is 1. The lowest BCUT2D eigenvalue weighted by Gasteiger charge is -2.16. The standard InChI is InChI=1S/C17H21NO2/c1-3-12-19-16-10-6-7-11-17(16)20-15-9-5-4-8-14(15)13(2)18/h4-11,13H,3,12,18H2,1-2H3. The molecule has 2 N–H and O–H groups in total. The number of hydrogen-bond acceptors (Lipinski definition) is 3. The van der Waals surface area contributed by atoms with Crippen molar-refractivity contribution < 1.29 is 9.47 Å². The molecule has 0 aliphatic carbocycles. The Morgan fingerprint density at radius 2 is 1.55 bits per heavy atom. The minimum atomic E-state index is -0.0741. The maximum Gasteiger partial charge on any atom is 0.169 e. The van der Waals surface area contributed by atoms with Crippen molar-refractivity contribution in [3.63, 3.8) is 0 Å². The molecule has 0 heterocycles. The van der Waals surface area contributed by atoms with Crippen LogP contribution in [0.2, 0.25) is 0 Å². The van der Waals surface area contributed by atoms with Crippen molar-refractivity contribution in [1.29, 1.82) is 0 Å². The minimum Gasteiger partial charge on any atom is -0.490 e. The second-order valence-electron chi connectivity index (χ2n) is 4.72. The van der Waals surface area contributed by atoms with Crippen molar-refractivity contribution in [2.24, 2.45) is 5.73 Å². The zero-order chi connectivity index (χ0) is 14.4. The van der Waals surface area contributed by atoms with Crippen LogP contribution in [0.5, 0.6) is 17.2 Å². The maximum absolute atomic E-state index is 5.99. The summed E-state index contributed by atoms with van der Waals surface area (Å²) in [6.07, 6.45) is 0.963. The molecule has 0 aromatic heterocycles. The van der Waals surface area contributed by atoms with Gasteiger partial charge in [-0.05, 0) is 31.5 Å². The maximum atomic E-state index is 5.99. The third-order valence-electron chi connectivity index (χ3n) is 2.94. The van der Waals surface area contributed by atoms with Gasteiger partial charge in [-0.2, -0.15) is 0 Å². The van der Waals surface area contributed by atoms with Gasteiger partial charge >= 0.3 is 0 Å². The molecule has 2 aromatic carbocycles. The molecule has 2 aromatic rings. The highest BCUT2D eigenvalue weighted by Crippen LogP contribution is 2.34. The molecule has 106 valence electrons. The van der Waals surface area contributed by atoms with E-state index in [1.165, 1.54) is 0 Å². The molecule has 0 saturated heterocycles. The molecule has 20 heavy (non-hydrogen) atoms. The number of ether oxygens (including phenoxy) is 2. The zero-order valence-corrected chi connectivity index (χ0v) is 12.0. The topological polar surface area (TPSA) is 44.5 Å². The van der Waals surface area contributed by atoms with Crippen LogP contribution in [-0.4, -0.2) is 6.61 Å². The van der Waals surface area contributed by atoms with E-state index in [9.17, 15) is 0 Å². The van der Waals surface area contributed by atoms with Crippen LogP contribution in [0.4, 0.5) is 0 Å². The number of rotatable bonds is 6. The van der Waals surface area contributed by atoms with Gasteiger partial charge in [0, 0.05) is 11.6 Å². The summed E-state index contributed by atoms with van der Waals surface area (Å²) in [5, 5.41) is 0. The van der Waals surface area contributed by atoms with Crippen molar-refractivity contribution in [2.75, 3.05) is 6.61 Å².